The molecular formula is C25H30N2O3. The average Bonchev–Trinajstić information content (AvgIpc) is 2.93. The van der Waals surface area contributed by atoms with Crippen molar-refractivity contribution in [3.63, 3.8) is 0 Å². The van der Waals surface area contributed by atoms with Crippen LogP contribution >= 0.6 is 0 Å². The van der Waals surface area contributed by atoms with Crippen LogP contribution in [-0.2, 0) is 11.3 Å². The van der Waals surface area contributed by atoms with E-state index in [2.05, 4.69) is 36.1 Å². The lowest BCUT2D eigenvalue weighted by molar-refractivity contribution is 0.0615. The molecule has 0 aliphatic carbocycles. The molecule has 0 saturated carbocycles. The van der Waals surface area contributed by atoms with E-state index < -0.39 is 0 Å². The first kappa shape index (κ1) is 20.5. The first-order valence-electron chi connectivity index (χ1n) is 10.8. The molecule has 3 aromatic rings. The number of hydrogen-bond donors (Lipinski definition) is 0. The zero-order valence-electron chi connectivity index (χ0n) is 18.1. The van der Waals surface area contributed by atoms with Crippen LogP contribution in [0.2, 0.25) is 0 Å². The van der Waals surface area contributed by atoms with Crippen molar-refractivity contribution in [2.24, 2.45) is 0 Å². The van der Waals surface area contributed by atoms with E-state index in [9.17, 15) is 4.79 Å². The quantitative estimate of drug-likeness (QED) is 0.597. The normalized spacial score (nSPS) is 15.1. The first-order valence-corrected chi connectivity index (χ1v) is 10.8. The second kappa shape index (κ2) is 8.92. The van der Waals surface area contributed by atoms with Crippen LogP contribution in [0.25, 0.3) is 11.0 Å². The van der Waals surface area contributed by atoms with Gasteiger partial charge in [0.2, 0.25) is 0 Å². The van der Waals surface area contributed by atoms with Gasteiger partial charge in [-0.25, -0.2) is 0 Å². The molecule has 2 aromatic carbocycles. The van der Waals surface area contributed by atoms with Gasteiger partial charge in [-0.1, -0.05) is 35.9 Å². The number of carbonyl (C=O) groups is 1. The molecule has 158 valence electrons. The summed E-state index contributed by atoms with van der Waals surface area (Å²) in [4.78, 5) is 17.7. The van der Waals surface area contributed by atoms with Gasteiger partial charge < -0.3 is 19.0 Å². The molecule has 0 atom stereocenters. The van der Waals surface area contributed by atoms with E-state index in [1.54, 1.807) is 0 Å². The highest BCUT2D eigenvalue weighted by Gasteiger charge is 2.27. The number of carbonyl (C=O) groups excluding carboxylic acids is 1. The van der Waals surface area contributed by atoms with Crippen LogP contribution in [0.4, 0.5) is 5.69 Å². The van der Waals surface area contributed by atoms with Crippen molar-refractivity contribution < 1.29 is 13.9 Å². The second-order valence-electron chi connectivity index (χ2n) is 8.23. The van der Waals surface area contributed by atoms with E-state index in [-0.39, 0.29) is 12.0 Å². The number of rotatable bonds is 5. The molecule has 1 amide bonds. The van der Waals surface area contributed by atoms with Crippen LogP contribution in [0, 0.1) is 6.92 Å². The molecule has 5 heteroatoms. The Morgan fingerprint density at radius 3 is 2.57 bits per heavy atom. The average molecular weight is 407 g/mol. The van der Waals surface area contributed by atoms with E-state index in [0.29, 0.717) is 18.9 Å². The summed E-state index contributed by atoms with van der Waals surface area (Å²) < 4.78 is 11.9. The van der Waals surface area contributed by atoms with Gasteiger partial charge in [-0.3, -0.25) is 4.79 Å². The van der Waals surface area contributed by atoms with Gasteiger partial charge in [0.25, 0.3) is 5.91 Å². The molecule has 0 spiro atoms. The van der Waals surface area contributed by atoms with Gasteiger partial charge >= 0.3 is 0 Å². The number of fused-ring (bicyclic) bond motifs is 1. The molecule has 2 heterocycles. The summed E-state index contributed by atoms with van der Waals surface area (Å²) in [5, 5.41) is 0.956. The molecule has 0 N–H and O–H groups in total. The summed E-state index contributed by atoms with van der Waals surface area (Å²) in [6.07, 6.45) is 1.01. The number of furan rings is 1. The Hall–Kier alpha value is -2.79. The van der Waals surface area contributed by atoms with E-state index in [4.69, 9.17) is 9.15 Å². The molecule has 5 nitrogen and oxygen atoms in total. The highest BCUT2D eigenvalue weighted by Crippen LogP contribution is 2.28. The Bertz CT molecular complexity index is 1010. The Balaban J connectivity index is 1.54. The predicted molar refractivity (Wildman–Crippen MR) is 120 cm³/mol. The van der Waals surface area contributed by atoms with Crippen LogP contribution in [-0.4, -0.2) is 43.1 Å². The van der Waals surface area contributed by atoms with Crippen molar-refractivity contribution in [2.75, 3.05) is 31.1 Å². The number of amides is 1. The number of anilines is 1. The highest BCUT2D eigenvalue weighted by atomic mass is 16.5. The fraction of sp³-hybridized carbons (Fsp3) is 0.400. The molecular weight excluding hydrogens is 376 g/mol. The van der Waals surface area contributed by atoms with Crippen LogP contribution in [0.5, 0.6) is 0 Å². The third kappa shape index (κ3) is 4.36. The SMILES string of the molecule is Cc1ccc(N2CCCN(C(=O)c3oc4ccccc4c3COC(C)C)CC2)cc1. The Morgan fingerprint density at radius 1 is 1.03 bits per heavy atom. The number of aryl methyl sites for hydroxylation is 1. The van der Waals surface area contributed by atoms with Gasteiger partial charge in [-0.2, -0.15) is 0 Å². The number of benzene rings is 2. The molecule has 0 radical (unpaired) electrons. The van der Waals surface area contributed by atoms with Crippen molar-refractivity contribution in [1.82, 2.24) is 4.90 Å². The second-order valence-corrected chi connectivity index (χ2v) is 8.23. The molecule has 1 saturated heterocycles. The number of hydrogen-bond acceptors (Lipinski definition) is 4. The van der Waals surface area contributed by atoms with Crippen molar-refractivity contribution in [3.05, 3.63) is 65.4 Å². The summed E-state index contributed by atoms with van der Waals surface area (Å²) in [7, 11) is 0. The van der Waals surface area contributed by atoms with E-state index >= 15 is 0 Å². The lowest BCUT2D eigenvalue weighted by Crippen LogP contribution is -2.35. The largest absolute Gasteiger partial charge is 0.451 e. The summed E-state index contributed by atoms with van der Waals surface area (Å²) in [5.74, 6) is 0.375. The molecule has 1 aliphatic rings. The Kier molecular flexibility index (Phi) is 6.09. The lowest BCUT2D eigenvalue weighted by atomic mass is 10.1. The van der Waals surface area contributed by atoms with Crippen LogP contribution in [0.3, 0.4) is 0 Å². The fourth-order valence-electron chi connectivity index (χ4n) is 3.94. The van der Waals surface area contributed by atoms with Crippen LogP contribution in [0.15, 0.2) is 52.9 Å². The summed E-state index contributed by atoms with van der Waals surface area (Å²) in [6.45, 7) is 9.62. The van der Waals surface area contributed by atoms with Crippen LogP contribution in [0.1, 0.15) is 41.9 Å². The zero-order chi connectivity index (χ0) is 21.1. The third-order valence-electron chi connectivity index (χ3n) is 5.64. The van der Waals surface area contributed by atoms with Crippen molar-refractivity contribution in [1.29, 1.82) is 0 Å². The number of para-hydroxylation sites is 1. The van der Waals surface area contributed by atoms with E-state index in [1.165, 1.54) is 11.3 Å². The maximum atomic E-state index is 13.4. The van der Waals surface area contributed by atoms with Gasteiger partial charge in [-0.05, 0) is 45.4 Å². The molecule has 0 unspecified atom stereocenters. The number of ether oxygens (including phenoxy) is 1. The minimum absolute atomic E-state index is 0.0423. The highest BCUT2D eigenvalue weighted by molar-refractivity contribution is 5.99. The Morgan fingerprint density at radius 2 is 1.80 bits per heavy atom. The zero-order valence-corrected chi connectivity index (χ0v) is 18.1. The molecule has 1 aliphatic heterocycles. The maximum Gasteiger partial charge on any atom is 0.290 e. The number of nitrogens with zero attached hydrogens (tertiary/aromatic N) is 2. The van der Waals surface area contributed by atoms with Gasteiger partial charge in [0.05, 0.1) is 12.7 Å². The van der Waals surface area contributed by atoms with Crippen molar-refractivity contribution >= 4 is 22.6 Å². The standard InChI is InChI=1S/C25H30N2O3/c1-18(2)29-17-22-21-7-4-5-8-23(21)30-24(22)25(28)27-14-6-13-26(15-16-27)20-11-9-19(3)10-12-20/h4-5,7-12,18H,6,13-17H2,1-3H3. The predicted octanol–water partition coefficient (Wildman–Crippen LogP) is 5.02. The molecule has 1 fully saturated rings. The third-order valence-corrected chi connectivity index (χ3v) is 5.64. The van der Waals surface area contributed by atoms with Crippen molar-refractivity contribution in [2.45, 2.75) is 39.9 Å². The fourth-order valence-corrected chi connectivity index (χ4v) is 3.94. The minimum Gasteiger partial charge on any atom is -0.451 e. The molecule has 30 heavy (non-hydrogen) atoms. The van der Waals surface area contributed by atoms with E-state index in [1.807, 2.05) is 43.0 Å². The topological polar surface area (TPSA) is 45.9 Å². The summed E-state index contributed by atoms with van der Waals surface area (Å²) in [5.41, 5.74) is 4.05. The summed E-state index contributed by atoms with van der Waals surface area (Å²) in [6, 6.07) is 16.4. The maximum absolute atomic E-state index is 13.4. The minimum atomic E-state index is -0.0423. The lowest BCUT2D eigenvalue weighted by Gasteiger charge is -2.23. The molecule has 0 bridgehead atoms. The monoisotopic (exact) mass is 406 g/mol. The van der Waals surface area contributed by atoms with Gasteiger partial charge in [0, 0.05) is 42.8 Å². The smallest absolute Gasteiger partial charge is 0.290 e. The van der Waals surface area contributed by atoms with Crippen molar-refractivity contribution in [3.8, 4) is 0 Å². The van der Waals surface area contributed by atoms with E-state index in [0.717, 1.165) is 42.6 Å². The van der Waals surface area contributed by atoms with Gasteiger partial charge in [0.15, 0.2) is 5.76 Å². The van der Waals surface area contributed by atoms with Crippen LogP contribution < -0.4 is 4.90 Å². The molecule has 1 aromatic heterocycles. The van der Waals surface area contributed by atoms with Gasteiger partial charge in [0.1, 0.15) is 5.58 Å². The Labute approximate surface area is 178 Å². The molecule has 4 rings (SSSR count). The first-order chi connectivity index (χ1) is 14.5. The van der Waals surface area contributed by atoms with Gasteiger partial charge in [-0.15, -0.1) is 0 Å². The summed E-state index contributed by atoms with van der Waals surface area (Å²) >= 11 is 0.